The summed E-state index contributed by atoms with van der Waals surface area (Å²) in [5.41, 5.74) is 5.24. The molecule has 2 N–H and O–H groups in total. The van der Waals surface area contributed by atoms with E-state index in [1.54, 1.807) is 0 Å². The Balaban J connectivity index is 3.16. The fourth-order valence-electron chi connectivity index (χ4n) is 1.24. The van der Waals surface area contributed by atoms with Crippen molar-refractivity contribution >= 4 is 23.2 Å². The van der Waals surface area contributed by atoms with Gasteiger partial charge in [-0.15, -0.1) is 0 Å². The number of ether oxygens (including phenoxy) is 1. The summed E-state index contributed by atoms with van der Waals surface area (Å²) in [4.78, 5) is 20.9. The number of nitrogens with zero attached hydrogens (tertiary/aromatic N) is 1. The zero-order chi connectivity index (χ0) is 12.3. The third-order valence-corrected chi connectivity index (χ3v) is 2.30. The first-order valence-electron chi connectivity index (χ1n) is 4.23. The maximum absolute atomic E-state index is 11.0. The molecular weight excluding hydrogens is 236 g/mol. The lowest BCUT2D eigenvalue weighted by Crippen LogP contribution is -2.23. The lowest BCUT2D eigenvalue weighted by molar-refractivity contribution is -0.384. The van der Waals surface area contributed by atoms with E-state index in [0.717, 1.165) is 6.07 Å². The van der Waals surface area contributed by atoms with Crippen molar-refractivity contribution in [1.82, 2.24) is 0 Å². The van der Waals surface area contributed by atoms with Crippen LogP contribution in [0.1, 0.15) is 11.7 Å². The Morgan fingerprint density at radius 2 is 2.25 bits per heavy atom. The summed E-state index contributed by atoms with van der Waals surface area (Å²) in [5.74, 6) is -0.710. The highest BCUT2D eigenvalue weighted by Gasteiger charge is 2.21. The van der Waals surface area contributed by atoms with Crippen molar-refractivity contribution in [2.75, 3.05) is 7.11 Å². The molecule has 0 fully saturated rings. The van der Waals surface area contributed by atoms with Gasteiger partial charge in [0.05, 0.1) is 9.95 Å². The highest BCUT2D eigenvalue weighted by Crippen LogP contribution is 2.28. The smallest absolute Gasteiger partial charge is 0.270 e. The van der Waals surface area contributed by atoms with E-state index in [-0.39, 0.29) is 10.7 Å². The Labute approximate surface area is 96.1 Å². The maximum atomic E-state index is 11.0. The second kappa shape index (κ2) is 4.91. The Kier molecular flexibility index (Phi) is 3.81. The minimum atomic E-state index is -1.01. The van der Waals surface area contributed by atoms with Gasteiger partial charge >= 0.3 is 0 Å². The van der Waals surface area contributed by atoms with Crippen molar-refractivity contribution in [1.29, 1.82) is 0 Å². The quantitative estimate of drug-likeness (QED) is 0.640. The van der Waals surface area contributed by atoms with E-state index >= 15 is 0 Å². The highest BCUT2D eigenvalue weighted by molar-refractivity contribution is 6.31. The molecule has 0 aromatic heterocycles. The van der Waals surface area contributed by atoms with Gasteiger partial charge in [-0.2, -0.15) is 0 Å². The molecule has 1 rings (SSSR count). The third kappa shape index (κ3) is 2.47. The average molecular weight is 245 g/mol. The zero-order valence-corrected chi connectivity index (χ0v) is 9.10. The van der Waals surface area contributed by atoms with Crippen LogP contribution in [0.15, 0.2) is 18.2 Å². The standard InChI is InChI=1S/C9H9ClN2O4/c1-16-8(9(11)13)6-3-2-5(12(14)15)4-7(6)10/h2-4,8H,1H3,(H2,11,13). The van der Waals surface area contributed by atoms with Gasteiger partial charge in [0.2, 0.25) is 0 Å². The van der Waals surface area contributed by atoms with E-state index in [1.165, 1.54) is 19.2 Å². The highest BCUT2D eigenvalue weighted by atomic mass is 35.5. The number of carbonyl (C=O) groups is 1. The van der Waals surface area contributed by atoms with Gasteiger partial charge in [0.1, 0.15) is 0 Å². The van der Waals surface area contributed by atoms with Gasteiger partial charge in [-0.1, -0.05) is 11.6 Å². The van der Waals surface area contributed by atoms with E-state index in [4.69, 9.17) is 22.1 Å². The van der Waals surface area contributed by atoms with Gasteiger partial charge in [0.15, 0.2) is 6.10 Å². The van der Waals surface area contributed by atoms with Gasteiger partial charge in [-0.05, 0) is 6.07 Å². The molecule has 0 aliphatic heterocycles. The molecule has 1 unspecified atom stereocenters. The fourth-order valence-corrected chi connectivity index (χ4v) is 1.51. The second-order valence-electron chi connectivity index (χ2n) is 2.98. The fraction of sp³-hybridized carbons (Fsp3) is 0.222. The third-order valence-electron chi connectivity index (χ3n) is 1.97. The van der Waals surface area contributed by atoms with Crippen LogP contribution >= 0.6 is 11.6 Å². The molecule has 1 atom stereocenters. The summed E-state index contributed by atoms with van der Waals surface area (Å²) < 4.78 is 4.85. The van der Waals surface area contributed by atoms with Crippen LogP contribution in [-0.2, 0) is 9.53 Å². The molecule has 0 saturated carbocycles. The number of rotatable bonds is 4. The number of amides is 1. The van der Waals surface area contributed by atoms with E-state index in [9.17, 15) is 14.9 Å². The predicted molar refractivity (Wildman–Crippen MR) is 57.1 cm³/mol. The summed E-state index contributed by atoms with van der Waals surface area (Å²) in [6.45, 7) is 0. The first-order chi connectivity index (χ1) is 7.47. The van der Waals surface area contributed by atoms with Crippen molar-refractivity contribution in [3.63, 3.8) is 0 Å². The SMILES string of the molecule is COC(C(N)=O)c1ccc([N+](=O)[O-])cc1Cl. The number of methoxy groups -OCH3 is 1. The molecule has 0 aliphatic carbocycles. The summed E-state index contributed by atoms with van der Waals surface area (Å²) in [6, 6.07) is 3.72. The molecule has 0 aliphatic rings. The van der Waals surface area contributed by atoms with E-state index in [1.807, 2.05) is 0 Å². The summed E-state index contributed by atoms with van der Waals surface area (Å²) >= 11 is 5.80. The molecule has 6 nitrogen and oxygen atoms in total. The number of carbonyl (C=O) groups excluding carboxylic acids is 1. The van der Waals surface area contributed by atoms with Gasteiger partial charge in [-0.3, -0.25) is 14.9 Å². The number of benzene rings is 1. The summed E-state index contributed by atoms with van der Waals surface area (Å²) in [7, 11) is 1.30. The van der Waals surface area contributed by atoms with Crippen LogP contribution in [0.2, 0.25) is 5.02 Å². The van der Waals surface area contributed by atoms with Crippen LogP contribution in [0.3, 0.4) is 0 Å². The predicted octanol–water partition coefficient (Wildman–Crippen LogP) is 1.42. The summed E-state index contributed by atoms with van der Waals surface area (Å²) in [5, 5.41) is 10.5. The van der Waals surface area contributed by atoms with Crippen LogP contribution in [0.4, 0.5) is 5.69 Å². The number of nitro benzene ring substituents is 1. The largest absolute Gasteiger partial charge is 0.367 e. The lowest BCUT2D eigenvalue weighted by Gasteiger charge is -2.12. The number of hydrogen-bond donors (Lipinski definition) is 1. The number of non-ortho nitro benzene ring substituents is 1. The zero-order valence-electron chi connectivity index (χ0n) is 8.34. The van der Waals surface area contributed by atoms with Crippen molar-refractivity contribution in [3.05, 3.63) is 38.9 Å². The van der Waals surface area contributed by atoms with Crippen molar-refractivity contribution in [2.24, 2.45) is 5.73 Å². The van der Waals surface area contributed by atoms with Crippen LogP contribution in [-0.4, -0.2) is 17.9 Å². The molecule has 0 heterocycles. The maximum Gasteiger partial charge on any atom is 0.270 e. The number of nitrogens with two attached hydrogens (primary N) is 1. The van der Waals surface area contributed by atoms with E-state index in [0.29, 0.717) is 5.56 Å². The normalized spacial score (nSPS) is 12.1. The van der Waals surface area contributed by atoms with E-state index in [2.05, 4.69) is 0 Å². The Morgan fingerprint density at radius 1 is 1.62 bits per heavy atom. The van der Waals surface area contributed by atoms with Gasteiger partial charge in [-0.25, -0.2) is 0 Å². The first kappa shape index (κ1) is 12.4. The Bertz CT molecular complexity index is 436. The Morgan fingerprint density at radius 3 is 2.62 bits per heavy atom. The molecule has 86 valence electrons. The van der Waals surface area contributed by atoms with Gasteiger partial charge < -0.3 is 10.5 Å². The molecule has 1 aromatic rings. The molecule has 0 spiro atoms. The second-order valence-corrected chi connectivity index (χ2v) is 3.39. The summed E-state index contributed by atoms with van der Waals surface area (Å²) in [6.07, 6.45) is -1.01. The van der Waals surface area contributed by atoms with Crippen molar-refractivity contribution in [2.45, 2.75) is 6.10 Å². The average Bonchev–Trinajstić information content (AvgIpc) is 2.20. The molecule has 1 aromatic carbocycles. The van der Waals surface area contributed by atoms with Crippen LogP contribution in [0, 0.1) is 10.1 Å². The van der Waals surface area contributed by atoms with Crippen molar-refractivity contribution in [3.8, 4) is 0 Å². The monoisotopic (exact) mass is 244 g/mol. The molecule has 16 heavy (non-hydrogen) atoms. The number of halogens is 1. The minimum Gasteiger partial charge on any atom is -0.367 e. The molecule has 0 radical (unpaired) electrons. The minimum absolute atomic E-state index is 0.0693. The number of primary amides is 1. The number of nitro groups is 1. The molecular formula is C9H9ClN2O4. The van der Waals surface area contributed by atoms with Crippen LogP contribution in [0.5, 0.6) is 0 Å². The van der Waals surface area contributed by atoms with Crippen LogP contribution < -0.4 is 5.73 Å². The van der Waals surface area contributed by atoms with Gasteiger partial charge in [0.25, 0.3) is 11.6 Å². The number of hydrogen-bond acceptors (Lipinski definition) is 4. The molecule has 1 amide bonds. The first-order valence-corrected chi connectivity index (χ1v) is 4.61. The topological polar surface area (TPSA) is 95.5 Å². The molecule has 7 heteroatoms. The van der Waals surface area contributed by atoms with Crippen LogP contribution in [0.25, 0.3) is 0 Å². The van der Waals surface area contributed by atoms with Crippen molar-refractivity contribution < 1.29 is 14.5 Å². The lowest BCUT2D eigenvalue weighted by atomic mass is 10.1. The van der Waals surface area contributed by atoms with Gasteiger partial charge in [0, 0.05) is 24.8 Å². The van der Waals surface area contributed by atoms with E-state index < -0.39 is 16.9 Å². The Hall–Kier alpha value is -1.66. The molecule has 0 saturated heterocycles. The molecule has 0 bridgehead atoms.